The van der Waals surface area contributed by atoms with Gasteiger partial charge in [0, 0.05) is 16.7 Å². The van der Waals surface area contributed by atoms with E-state index in [9.17, 15) is 0 Å². The van der Waals surface area contributed by atoms with Crippen LogP contribution in [0, 0.1) is 0 Å². The van der Waals surface area contributed by atoms with Gasteiger partial charge in [-0.3, -0.25) is 0 Å². The minimum Gasteiger partial charge on any atom is -0.228 e. The molecule has 11 rings (SSSR count). The number of aromatic nitrogens is 2. The molecular formula is C56H40N2Si. The highest BCUT2D eigenvalue weighted by Gasteiger charge is 2.43. The monoisotopic (exact) mass is 768 g/mol. The summed E-state index contributed by atoms with van der Waals surface area (Å²) in [6.45, 7) is 4.96. The number of hydrogen-bond donors (Lipinski definition) is 0. The summed E-state index contributed by atoms with van der Waals surface area (Å²) < 4.78 is 0. The Hall–Kier alpha value is -7.20. The highest BCUT2D eigenvalue weighted by Crippen LogP contribution is 2.39. The molecule has 0 radical (unpaired) electrons. The normalized spacial score (nSPS) is 12.7. The molecule has 2 nitrogen and oxygen atoms in total. The van der Waals surface area contributed by atoms with Gasteiger partial charge >= 0.3 is 0 Å². The molecule has 0 atom stereocenters. The van der Waals surface area contributed by atoms with Crippen LogP contribution >= 0.6 is 0 Å². The lowest BCUT2D eigenvalue weighted by atomic mass is 9.92. The predicted octanol–water partition coefficient (Wildman–Crippen LogP) is 13.6. The Morgan fingerprint density at radius 3 is 1.41 bits per heavy atom. The van der Waals surface area contributed by atoms with Crippen molar-refractivity contribution in [3.63, 3.8) is 0 Å². The van der Waals surface area contributed by atoms with Gasteiger partial charge < -0.3 is 0 Å². The molecule has 59 heavy (non-hydrogen) atoms. The topological polar surface area (TPSA) is 25.8 Å². The third kappa shape index (κ3) is 6.02. The Kier molecular flexibility index (Phi) is 8.31. The van der Waals surface area contributed by atoms with Gasteiger partial charge in [-0.2, -0.15) is 0 Å². The summed E-state index contributed by atoms with van der Waals surface area (Å²) in [5, 5.41) is 7.71. The molecule has 0 unspecified atom stereocenters. The molecular weight excluding hydrogens is 729 g/mol. The van der Waals surface area contributed by atoms with E-state index in [0.717, 1.165) is 39.3 Å². The second kappa shape index (κ2) is 14.0. The van der Waals surface area contributed by atoms with Gasteiger partial charge in [0.15, 0.2) is 5.82 Å². The number of nitrogens with zero attached hydrogens (tertiary/aromatic N) is 2. The van der Waals surface area contributed by atoms with Crippen LogP contribution in [-0.2, 0) is 0 Å². The Morgan fingerprint density at radius 2 is 0.746 bits per heavy atom. The van der Waals surface area contributed by atoms with Crippen molar-refractivity contribution in [1.82, 2.24) is 9.97 Å². The first-order chi connectivity index (χ1) is 29.0. The van der Waals surface area contributed by atoms with Crippen LogP contribution in [0.3, 0.4) is 0 Å². The van der Waals surface area contributed by atoms with Crippen LogP contribution in [0.4, 0.5) is 0 Å². The van der Waals surface area contributed by atoms with Crippen LogP contribution in [0.25, 0.3) is 100.0 Å². The first kappa shape index (κ1) is 35.0. The fraction of sp³-hybridized carbons (Fsp3) is 0.0357. The van der Waals surface area contributed by atoms with Crippen LogP contribution in [0.1, 0.15) is 0 Å². The molecule has 0 aliphatic carbocycles. The first-order valence-corrected chi connectivity index (χ1v) is 23.4. The largest absolute Gasteiger partial charge is 0.228 e. The van der Waals surface area contributed by atoms with Crippen molar-refractivity contribution >= 4 is 40.0 Å². The van der Waals surface area contributed by atoms with Gasteiger partial charge in [-0.15, -0.1) is 0 Å². The van der Waals surface area contributed by atoms with E-state index in [1.165, 1.54) is 71.0 Å². The van der Waals surface area contributed by atoms with Crippen LogP contribution < -0.4 is 10.4 Å². The lowest BCUT2D eigenvalue weighted by Gasteiger charge is -2.23. The summed E-state index contributed by atoms with van der Waals surface area (Å²) in [6.07, 6.45) is 0. The van der Waals surface area contributed by atoms with Gasteiger partial charge in [-0.1, -0.05) is 189 Å². The van der Waals surface area contributed by atoms with Crippen molar-refractivity contribution in [3.8, 4) is 78.4 Å². The molecule has 0 saturated carbocycles. The molecule has 0 saturated heterocycles. The van der Waals surface area contributed by atoms with Gasteiger partial charge in [0.1, 0.15) is 8.07 Å². The molecule has 278 valence electrons. The molecule has 0 amide bonds. The minimum absolute atomic E-state index is 0.765. The molecule has 0 fully saturated rings. The second-order valence-corrected chi connectivity index (χ2v) is 20.4. The lowest BCUT2D eigenvalue weighted by molar-refractivity contribution is 1.21. The van der Waals surface area contributed by atoms with Crippen LogP contribution in [0.2, 0.25) is 13.1 Å². The van der Waals surface area contributed by atoms with Crippen molar-refractivity contribution in [3.05, 3.63) is 206 Å². The third-order valence-electron chi connectivity index (χ3n) is 12.2. The highest BCUT2D eigenvalue weighted by molar-refractivity contribution is 7.05. The zero-order valence-electron chi connectivity index (χ0n) is 33.0. The second-order valence-electron chi connectivity index (χ2n) is 16.2. The standard InChI is InChI=1S/C56H40N2Si/c1-59(2)54-49-28-12-10-21-40(49)30-31-51(54)53-55(59)52(57-56(58-53)50-29-15-22-39-20-9-11-27-48(39)50)44-26-14-24-42(33-44)41-23-13-25-43(32-41)47-35-45(37-16-5-3-6-17-37)34-46(36-47)38-18-7-4-8-19-38/h3-36H,1-2H3. The van der Waals surface area contributed by atoms with E-state index in [4.69, 9.17) is 9.97 Å². The van der Waals surface area contributed by atoms with Crippen molar-refractivity contribution in [1.29, 1.82) is 0 Å². The molecule has 2 heterocycles. The van der Waals surface area contributed by atoms with Crippen molar-refractivity contribution in [2.75, 3.05) is 0 Å². The molecule has 0 N–H and O–H groups in total. The Labute approximate surface area is 346 Å². The van der Waals surface area contributed by atoms with E-state index in [1.807, 2.05) is 0 Å². The molecule has 1 aliphatic heterocycles. The van der Waals surface area contributed by atoms with Crippen LogP contribution in [0.15, 0.2) is 206 Å². The van der Waals surface area contributed by atoms with E-state index >= 15 is 0 Å². The summed E-state index contributed by atoms with van der Waals surface area (Å²) in [5.74, 6) is 0.765. The highest BCUT2D eigenvalue weighted by atomic mass is 28.3. The van der Waals surface area contributed by atoms with E-state index in [2.05, 4.69) is 219 Å². The van der Waals surface area contributed by atoms with Gasteiger partial charge in [0.25, 0.3) is 0 Å². The first-order valence-electron chi connectivity index (χ1n) is 20.4. The Bertz CT molecular complexity index is 3180. The number of hydrogen-bond acceptors (Lipinski definition) is 2. The molecule has 0 bridgehead atoms. The number of rotatable bonds is 6. The third-order valence-corrected chi connectivity index (χ3v) is 15.7. The van der Waals surface area contributed by atoms with Gasteiger partial charge in [-0.05, 0) is 107 Å². The van der Waals surface area contributed by atoms with E-state index in [1.54, 1.807) is 0 Å². The van der Waals surface area contributed by atoms with Crippen molar-refractivity contribution in [2.45, 2.75) is 13.1 Å². The molecule has 3 heteroatoms. The zero-order chi connectivity index (χ0) is 39.5. The van der Waals surface area contributed by atoms with E-state index < -0.39 is 8.07 Å². The average Bonchev–Trinajstić information content (AvgIpc) is 3.55. The summed E-state index contributed by atoms with van der Waals surface area (Å²) in [6, 6.07) is 74.7. The molecule has 1 aliphatic rings. The Balaban J connectivity index is 1.08. The molecule has 9 aromatic carbocycles. The number of benzene rings is 9. The average molecular weight is 769 g/mol. The minimum atomic E-state index is -2.29. The van der Waals surface area contributed by atoms with E-state index in [-0.39, 0.29) is 0 Å². The van der Waals surface area contributed by atoms with Crippen LogP contribution in [0.5, 0.6) is 0 Å². The van der Waals surface area contributed by atoms with Crippen molar-refractivity contribution < 1.29 is 0 Å². The summed E-state index contributed by atoms with van der Waals surface area (Å²) >= 11 is 0. The quantitative estimate of drug-likeness (QED) is 0.157. The lowest BCUT2D eigenvalue weighted by Crippen LogP contribution is -2.50. The summed E-state index contributed by atoms with van der Waals surface area (Å²) in [4.78, 5) is 11.1. The van der Waals surface area contributed by atoms with Gasteiger partial charge in [-0.25, -0.2) is 9.97 Å². The molecule has 0 spiro atoms. The number of fused-ring (bicyclic) bond motifs is 6. The summed E-state index contributed by atoms with van der Waals surface area (Å²) in [7, 11) is -2.29. The van der Waals surface area contributed by atoms with E-state index in [0.29, 0.717) is 0 Å². The SMILES string of the molecule is C[Si]1(C)c2c(-c3cccc(-c4cccc(-c5cc(-c6ccccc6)cc(-c6ccccc6)c5)c4)c3)nc(-c3cccc4ccccc34)nc2-c2ccc3ccccc3c21. The fourth-order valence-corrected chi connectivity index (χ4v) is 13.0. The fourth-order valence-electron chi connectivity index (χ4n) is 9.38. The predicted molar refractivity (Wildman–Crippen MR) is 252 cm³/mol. The van der Waals surface area contributed by atoms with Crippen molar-refractivity contribution in [2.24, 2.45) is 0 Å². The van der Waals surface area contributed by atoms with Gasteiger partial charge in [0.2, 0.25) is 0 Å². The maximum atomic E-state index is 5.59. The smallest absolute Gasteiger partial charge is 0.161 e. The maximum Gasteiger partial charge on any atom is 0.161 e. The van der Waals surface area contributed by atoms with Crippen LogP contribution in [-0.4, -0.2) is 18.0 Å². The molecule has 1 aromatic heterocycles. The zero-order valence-corrected chi connectivity index (χ0v) is 34.0. The maximum absolute atomic E-state index is 5.59. The van der Waals surface area contributed by atoms with Gasteiger partial charge in [0.05, 0.1) is 11.4 Å². The molecule has 10 aromatic rings. The summed E-state index contributed by atoms with van der Waals surface area (Å²) in [5.41, 5.74) is 15.0. The Morgan fingerprint density at radius 1 is 0.305 bits per heavy atom.